The molecular weight excluding hydrogens is 452 g/mol. The van der Waals surface area contributed by atoms with E-state index < -0.39 is 6.09 Å². The SMILES string of the molecule is CC(OC(=O)Nc1ccc(-c2c(C#N)c3ccc(Cn4cncn4)cc3n2C2CCC2)cc1)C1CC1. The Morgan fingerprint density at radius 1 is 1.19 bits per heavy atom. The molecule has 36 heavy (non-hydrogen) atoms. The van der Waals surface area contributed by atoms with Gasteiger partial charge in [0.1, 0.15) is 24.8 Å². The highest BCUT2D eigenvalue weighted by Crippen LogP contribution is 2.43. The van der Waals surface area contributed by atoms with Gasteiger partial charge >= 0.3 is 6.09 Å². The van der Waals surface area contributed by atoms with Crippen LogP contribution in [0.3, 0.4) is 0 Å². The minimum absolute atomic E-state index is 0.0601. The Kier molecular flexibility index (Phi) is 5.68. The first-order valence-electron chi connectivity index (χ1n) is 12.6. The lowest BCUT2D eigenvalue weighted by molar-refractivity contribution is 0.108. The maximum atomic E-state index is 12.3. The number of nitriles is 1. The van der Waals surface area contributed by atoms with Crippen molar-refractivity contribution in [2.24, 2.45) is 5.92 Å². The summed E-state index contributed by atoms with van der Waals surface area (Å²) in [6.45, 7) is 2.57. The molecule has 0 radical (unpaired) electrons. The van der Waals surface area contributed by atoms with Gasteiger partial charge in [-0.3, -0.25) is 5.32 Å². The summed E-state index contributed by atoms with van der Waals surface area (Å²) in [5.41, 5.74) is 5.43. The fourth-order valence-corrected chi connectivity index (χ4v) is 5.07. The summed E-state index contributed by atoms with van der Waals surface area (Å²) in [6.07, 6.45) is 8.39. The minimum atomic E-state index is -0.427. The molecule has 2 aromatic carbocycles. The van der Waals surface area contributed by atoms with Crippen molar-refractivity contribution in [3.8, 4) is 17.3 Å². The molecule has 1 N–H and O–H groups in total. The highest BCUT2D eigenvalue weighted by Gasteiger charge is 2.31. The largest absolute Gasteiger partial charge is 0.446 e. The van der Waals surface area contributed by atoms with Crippen LogP contribution >= 0.6 is 0 Å². The monoisotopic (exact) mass is 480 g/mol. The quantitative estimate of drug-likeness (QED) is 0.356. The van der Waals surface area contributed by atoms with Crippen LogP contribution < -0.4 is 5.32 Å². The summed E-state index contributed by atoms with van der Waals surface area (Å²) in [6, 6.07) is 16.8. The molecule has 2 fully saturated rings. The molecule has 2 aliphatic rings. The summed E-state index contributed by atoms with van der Waals surface area (Å²) >= 11 is 0. The number of fused-ring (bicyclic) bond motifs is 1. The number of nitrogens with zero attached hydrogens (tertiary/aromatic N) is 5. The van der Waals surface area contributed by atoms with E-state index >= 15 is 0 Å². The average molecular weight is 481 g/mol. The molecule has 2 aromatic heterocycles. The zero-order valence-electron chi connectivity index (χ0n) is 20.2. The van der Waals surface area contributed by atoms with E-state index in [-0.39, 0.29) is 6.10 Å². The molecule has 0 bridgehead atoms. The van der Waals surface area contributed by atoms with Crippen molar-refractivity contribution in [1.82, 2.24) is 19.3 Å². The molecular formula is C28H28N6O2. The Morgan fingerprint density at radius 2 is 2.00 bits per heavy atom. The van der Waals surface area contributed by atoms with E-state index in [1.807, 2.05) is 37.3 Å². The fraction of sp³-hybridized carbons (Fsp3) is 0.357. The Bertz CT molecular complexity index is 1440. The molecule has 8 nitrogen and oxygen atoms in total. The predicted molar refractivity (Wildman–Crippen MR) is 136 cm³/mol. The van der Waals surface area contributed by atoms with Crippen molar-refractivity contribution < 1.29 is 9.53 Å². The standard InChI is InChI=1S/C28H28N6O2/c1-18(20-6-7-20)36-28(35)32-22-10-8-21(9-11-22)27-25(14-29)24-12-5-19(15-33-17-30-16-31-33)13-26(24)34(27)23-3-2-4-23/h5,8-13,16-18,20,23H,2-4,6-7,15H2,1H3,(H,32,35). The lowest BCUT2D eigenvalue weighted by Crippen LogP contribution is -2.21. The van der Waals surface area contributed by atoms with E-state index in [4.69, 9.17) is 4.74 Å². The topological polar surface area (TPSA) is 97.8 Å². The van der Waals surface area contributed by atoms with Gasteiger partial charge in [-0.05, 0) is 74.3 Å². The molecule has 182 valence electrons. The fourth-order valence-electron chi connectivity index (χ4n) is 5.07. The van der Waals surface area contributed by atoms with E-state index in [1.54, 1.807) is 11.0 Å². The van der Waals surface area contributed by atoms with Gasteiger partial charge < -0.3 is 9.30 Å². The van der Waals surface area contributed by atoms with Gasteiger partial charge in [-0.25, -0.2) is 14.5 Å². The molecule has 0 spiro atoms. The van der Waals surface area contributed by atoms with Gasteiger partial charge in [-0.2, -0.15) is 10.4 Å². The first kappa shape index (κ1) is 22.4. The third kappa shape index (κ3) is 4.22. The van der Waals surface area contributed by atoms with Crippen molar-refractivity contribution in [3.63, 3.8) is 0 Å². The van der Waals surface area contributed by atoms with Crippen LogP contribution in [0, 0.1) is 17.2 Å². The zero-order chi connectivity index (χ0) is 24.6. The van der Waals surface area contributed by atoms with E-state index in [0.29, 0.717) is 29.8 Å². The third-order valence-electron chi connectivity index (χ3n) is 7.42. The summed E-state index contributed by atoms with van der Waals surface area (Å²) in [5.74, 6) is 0.493. The second-order valence-electron chi connectivity index (χ2n) is 9.88. The Labute approximate surface area is 209 Å². The van der Waals surface area contributed by atoms with E-state index in [9.17, 15) is 10.1 Å². The number of carbonyl (C=O) groups excluding carboxylic acids is 1. The predicted octanol–water partition coefficient (Wildman–Crippen LogP) is 5.89. The molecule has 0 saturated heterocycles. The van der Waals surface area contributed by atoms with Crippen LogP contribution in [-0.4, -0.2) is 31.5 Å². The van der Waals surface area contributed by atoms with E-state index in [2.05, 4.69) is 38.2 Å². The second-order valence-corrected chi connectivity index (χ2v) is 9.88. The van der Waals surface area contributed by atoms with Crippen molar-refractivity contribution in [2.75, 3.05) is 5.32 Å². The number of carbonyl (C=O) groups is 1. The van der Waals surface area contributed by atoms with Crippen LogP contribution in [0.25, 0.3) is 22.2 Å². The summed E-state index contributed by atoms with van der Waals surface area (Å²) < 4.78 is 9.62. The van der Waals surface area contributed by atoms with Crippen molar-refractivity contribution in [1.29, 1.82) is 5.26 Å². The van der Waals surface area contributed by atoms with E-state index in [1.165, 1.54) is 12.7 Å². The smallest absolute Gasteiger partial charge is 0.411 e. The molecule has 0 aliphatic heterocycles. The van der Waals surface area contributed by atoms with Crippen LogP contribution in [0.4, 0.5) is 10.5 Å². The Hall–Kier alpha value is -4.12. The van der Waals surface area contributed by atoms with Gasteiger partial charge in [-0.15, -0.1) is 0 Å². The van der Waals surface area contributed by atoms with Gasteiger partial charge in [0.15, 0.2) is 0 Å². The third-order valence-corrected chi connectivity index (χ3v) is 7.42. The van der Waals surface area contributed by atoms with Crippen LogP contribution in [0.1, 0.15) is 56.2 Å². The highest BCUT2D eigenvalue weighted by atomic mass is 16.6. The summed E-state index contributed by atoms with van der Waals surface area (Å²) in [7, 11) is 0. The number of nitrogens with one attached hydrogen (secondary N) is 1. The lowest BCUT2D eigenvalue weighted by atomic mass is 9.92. The van der Waals surface area contributed by atoms with E-state index in [0.717, 1.165) is 53.4 Å². The molecule has 2 saturated carbocycles. The van der Waals surface area contributed by atoms with Gasteiger partial charge in [0.2, 0.25) is 0 Å². The molecule has 2 heterocycles. The van der Waals surface area contributed by atoms with Crippen molar-refractivity contribution in [2.45, 2.75) is 57.7 Å². The van der Waals surface area contributed by atoms with Gasteiger partial charge in [0, 0.05) is 17.1 Å². The van der Waals surface area contributed by atoms with Crippen molar-refractivity contribution in [3.05, 3.63) is 66.2 Å². The molecule has 1 amide bonds. The maximum Gasteiger partial charge on any atom is 0.411 e. The lowest BCUT2D eigenvalue weighted by Gasteiger charge is -2.30. The molecule has 1 unspecified atom stereocenters. The molecule has 4 aromatic rings. The number of amides is 1. The number of benzene rings is 2. The molecule has 8 heteroatoms. The molecule has 6 rings (SSSR count). The Balaban J connectivity index is 1.34. The first-order chi connectivity index (χ1) is 17.6. The number of ether oxygens (including phenoxy) is 1. The summed E-state index contributed by atoms with van der Waals surface area (Å²) in [5, 5.41) is 18.2. The summed E-state index contributed by atoms with van der Waals surface area (Å²) in [4.78, 5) is 16.3. The highest BCUT2D eigenvalue weighted by molar-refractivity contribution is 5.95. The molecule has 2 aliphatic carbocycles. The molecule has 1 atom stereocenters. The number of aromatic nitrogens is 4. The first-order valence-corrected chi connectivity index (χ1v) is 12.6. The second kappa shape index (κ2) is 9.15. The normalized spacial score (nSPS) is 16.3. The number of anilines is 1. The van der Waals surface area contributed by atoms with Gasteiger partial charge in [0.25, 0.3) is 0 Å². The van der Waals surface area contributed by atoms with Crippen LogP contribution in [0.5, 0.6) is 0 Å². The van der Waals surface area contributed by atoms with Crippen LogP contribution in [-0.2, 0) is 11.3 Å². The van der Waals surface area contributed by atoms with Crippen LogP contribution in [0.15, 0.2) is 55.1 Å². The maximum absolute atomic E-state index is 12.3. The number of rotatable bonds is 7. The van der Waals surface area contributed by atoms with Gasteiger partial charge in [0.05, 0.1) is 23.3 Å². The van der Waals surface area contributed by atoms with Crippen LogP contribution in [0.2, 0.25) is 0 Å². The average Bonchev–Trinajstić information content (AvgIpc) is 3.50. The number of hydrogen-bond donors (Lipinski definition) is 1. The van der Waals surface area contributed by atoms with Crippen molar-refractivity contribution >= 4 is 22.7 Å². The van der Waals surface area contributed by atoms with Gasteiger partial charge in [-0.1, -0.05) is 24.3 Å². The minimum Gasteiger partial charge on any atom is -0.446 e. The Morgan fingerprint density at radius 3 is 2.64 bits per heavy atom. The number of hydrogen-bond acceptors (Lipinski definition) is 5. The zero-order valence-corrected chi connectivity index (χ0v) is 20.2.